The highest BCUT2D eigenvalue weighted by molar-refractivity contribution is 4.96. The Morgan fingerprint density at radius 1 is 1.31 bits per heavy atom. The van der Waals surface area contributed by atoms with Crippen molar-refractivity contribution in [2.24, 2.45) is 0 Å². The predicted molar refractivity (Wildman–Crippen MR) is 66.1 cm³/mol. The van der Waals surface area contributed by atoms with E-state index in [2.05, 4.69) is 34.0 Å². The first-order chi connectivity index (χ1) is 7.86. The molecule has 1 aromatic heterocycles. The van der Waals surface area contributed by atoms with Gasteiger partial charge in [-0.05, 0) is 25.6 Å². The Bertz CT molecular complexity index is 263. The van der Waals surface area contributed by atoms with E-state index < -0.39 is 0 Å². The van der Waals surface area contributed by atoms with Crippen molar-refractivity contribution in [2.45, 2.75) is 26.8 Å². The lowest BCUT2D eigenvalue weighted by Crippen LogP contribution is -2.32. The molecule has 0 aliphatic carbocycles. The maximum Gasteiger partial charge on any atom is 0.115 e. The van der Waals surface area contributed by atoms with Crippen LogP contribution in [-0.2, 0) is 6.54 Å². The largest absolute Gasteiger partial charge is 0.310 e. The van der Waals surface area contributed by atoms with Crippen LogP contribution in [0.25, 0.3) is 0 Å². The third-order valence-corrected chi connectivity index (χ3v) is 2.54. The minimum atomic E-state index is 0.826. The first-order valence-electron chi connectivity index (χ1n) is 6.04. The molecule has 1 N–H and O–H groups in total. The molecule has 0 unspecified atom stereocenters. The van der Waals surface area contributed by atoms with Crippen molar-refractivity contribution in [3.05, 3.63) is 24.3 Å². The maximum absolute atomic E-state index is 4.16. The summed E-state index contributed by atoms with van der Waals surface area (Å²) in [6, 6.07) is 1.94. The second-order valence-corrected chi connectivity index (χ2v) is 3.81. The molecule has 1 heterocycles. The third-order valence-electron chi connectivity index (χ3n) is 2.54. The standard InChI is InChI=1S/C12H22N4/c1-3-8-16(4-2)9-7-13-10-12-5-6-14-11-15-12/h5-6,11,13H,3-4,7-10H2,1-2H3. The molecule has 4 heteroatoms. The van der Waals surface area contributed by atoms with E-state index in [0.29, 0.717) is 0 Å². The highest BCUT2D eigenvalue weighted by Gasteiger charge is 1.99. The fourth-order valence-corrected chi connectivity index (χ4v) is 1.62. The van der Waals surface area contributed by atoms with Gasteiger partial charge < -0.3 is 10.2 Å². The minimum Gasteiger partial charge on any atom is -0.310 e. The first-order valence-corrected chi connectivity index (χ1v) is 6.04. The van der Waals surface area contributed by atoms with Gasteiger partial charge in [-0.2, -0.15) is 0 Å². The van der Waals surface area contributed by atoms with Crippen molar-refractivity contribution < 1.29 is 0 Å². The third kappa shape index (κ3) is 5.19. The van der Waals surface area contributed by atoms with Crippen molar-refractivity contribution in [2.75, 3.05) is 26.2 Å². The van der Waals surface area contributed by atoms with E-state index in [9.17, 15) is 0 Å². The van der Waals surface area contributed by atoms with E-state index in [-0.39, 0.29) is 0 Å². The quantitative estimate of drug-likeness (QED) is 0.673. The van der Waals surface area contributed by atoms with Gasteiger partial charge >= 0.3 is 0 Å². The summed E-state index contributed by atoms with van der Waals surface area (Å²) in [4.78, 5) is 10.5. The second kappa shape index (κ2) is 8.19. The van der Waals surface area contributed by atoms with E-state index in [1.165, 1.54) is 13.0 Å². The van der Waals surface area contributed by atoms with Crippen LogP contribution < -0.4 is 5.32 Å². The summed E-state index contributed by atoms with van der Waals surface area (Å²) < 4.78 is 0. The van der Waals surface area contributed by atoms with Gasteiger partial charge in [0.05, 0.1) is 5.69 Å². The van der Waals surface area contributed by atoms with Gasteiger partial charge in [-0.25, -0.2) is 9.97 Å². The number of rotatable bonds is 8. The Morgan fingerprint density at radius 3 is 2.81 bits per heavy atom. The highest BCUT2D eigenvalue weighted by Crippen LogP contribution is 1.91. The number of nitrogens with one attached hydrogen (secondary N) is 1. The van der Waals surface area contributed by atoms with Gasteiger partial charge in [0, 0.05) is 25.8 Å². The highest BCUT2D eigenvalue weighted by atomic mass is 15.1. The topological polar surface area (TPSA) is 41.0 Å². The van der Waals surface area contributed by atoms with Gasteiger partial charge in [0.1, 0.15) is 6.33 Å². The molecule has 1 aromatic rings. The van der Waals surface area contributed by atoms with Crippen LogP contribution in [0.2, 0.25) is 0 Å². The maximum atomic E-state index is 4.16. The molecule has 0 aromatic carbocycles. The average molecular weight is 222 g/mol. The van der Waals surface area contributed by atoms with Gasteiger partial charge in [-0.1, -0.05) is 13.8 Å². The summed E-state index contributed by atoms with van der Waals surface area (Å²) in [5.74, 6) is 0. The van der Waals surface area contributed by atoms with E-state index in [0.717, 1.165) is 31.9 Å². The first kappa shape index (κ1) is 13.1. The monoisotopic (exact) mass is 222 g/mol. The van der Waals surface area contributed by atoms with E-state index in [4.69, 9.17) is 0 Å². The molecule has 0 radical (unpaired) electrons. The van der Waals surface area contributed by atoms with Gasteiger partial charge in [-0.3, -0.25) is 0 Å². The Morgan fingerprint density at radius 2 is 2.19 bits per heavy atom. The minimum absolute atomic E-state index is 0.826. The van der Waals surface area contributed by atoms with Crippen LogP contribution in [0.15, 0.2) is 18.6 Å². The zero-order valence-corrected chi connectivity index (χ0v) is 10.3. The summed E-state index contributed by atoms with van der Waals surface area (Å²) in [5.41, 5.74) is 1.05. The summed E-state index contributed by atoms with van der Waals surface area (Å²) in [5, 5.41) is 3.39. The number of nitrogens with zero attached hydrogens (tertiary/aromatic N) is 3. The number of hydrogen-bond acceptors (Lipinski definition) is 4. The Balaban J connectivity index is 2.11. The van der Waals surface area contributed by atoms with Crippen molar-refractivity contribution in [1.29, 1.82) is 0 Å². The molecule has 0 spiro atoms. The van der Waals surface area contributed by atoms with Crippen LogP contribution in [0.3, 0.4) is 0 Å². The molecule has 0 atom stereocenters. The normalized spacial score (nSPS) is 10.9. The van der Waals surface area contributed by atoms with Crippen LogP contribution in [0.4, 0.5) is 0 Å². The molecule has 0 bridgehead atoms. The molecule has 0 saturated heterocycles. The molecule has 90 valence electrons. The molecule has 0 aliphatic heterocycles. The summed E-state index contributed by atoms with van der Waals surface area (Å²) in [7, 11) is 0. The van der Waals surface area contributed by atoms with Gasteiger partial charge in [-0.15, -0.1) is 0 Å². The van der Waals surface area contributed by atoms with Crippen molar-refractivity contribution in [3.63, 3.8) is 0 Å². The van der Waals surface area contributed by atoms with Crippen molar-refractivity contribution >= 4 is 0 Å². The fourth-order valence-electron chi connectivity index (χ4n) is 1.62. The van der Waals surface area contributed by atoms with Gasteiger partial charge in [0.2, 0.25) is 0 Å². The van der Waals surface area contributed by atoms with Crippen LogP contribution in [0.1, 0.15) is 26.0 Å². The Labute approximate surface area is 98.1 Å². The summed E-state index contributed by atoms with van der Waals surface area (Å²) in [6.07, 6.45) is 4.59. The van der Waals surface area contributed by atoms with E-state index >= 15 is 0 Å². The van der Waals surface area contributed by atoms with Crippen molar-refractivity contribution in [1.82, 2.24) is 20.2 Å². The number of hydrogen-bond donors (Lipinski definition) is 1. The number of aromatic nitrogens is 2. The Kier molecular flexibility index (Phi) is 6.69. The van der Waals surface area contributed by atoms with E-state index in [1.807, 2.05) is 6.07 Å². The van der Waals surface area contributed by atoms with Crippen LogP contribution >= 0.6 is 0 Å². The fraction of sp³-hybridized carbons (Fsp3) is 0.667. The molecule has 4 nitrogen and oxygen atoms in total. The number of likely N-dealkylation sites (N-methyl/N-ethyl adjacent to an activating group) is 1. The van der Waals surface area contributed by atoms with Crippen LogP contribution in [-0.4, -0.2) is 41.0 Å². The molecule has 0 fully saturated rings. The lowest BCUT2D eigenvalue weighted by Gasteiger charge is -2.19. The molecular weight excluding hydrogens is 200 g/mol. The summed E-state index contributed by atoms with van der Waals surface area (Å²) in [6.45, 7) is 9.69. The average Bonchev–Trinajstić information content (AvgIpc) is 2.34. The van der Waals surface area contributed by atoms with Crippen molar-refractivity contribution in [3.8, 4) is 0 Å². The lowest BCUT2D eigenvalue weighted by molar-refractivity contribution is 0.287. The van der Waals surface area contributed by atoms with Crippen LogP contribution in [0, 0.1) is 0 Å². The molecule has 0 aliphatic rings. The Hall–Kier alpha value is -1.00. The van der Waals surface area contributed by atoms with Crippen LogP contribution in [0.5, 0.6) is 0 Å². The zero-order valence-electron chi connectivity index (χ0n) is 10.3. The van der Waals surface area contributed by atoms with Gasteiger partial charge in [0.15, 0.2) is 0 Å². The predicted octanol–water partition coefficient (Wildman–Crippen LogP) is 1.30. The smallest absolute Gasteiger partial charge is 0.115 e. The second-order valence-electron chi connectivity index (χ2n) is 3.81. The molecule has 0 saturated carbocycles. The summed E-state index contributed by atoms with van der Waals surface area (Å²) >= 11 is 0. The lowest BCUT2D eigenvalue weighted by atomic mass is 10.3. The zero-order chi connectivity index (χ0) is 11.6. The van der Waals surface area contributed by atoms with Gasteiger partial charge in [0.25, 0.3) is 0 Å². The molecule has 1 rings (SSSR count). The molecular formula is C12H22N4. The molecule has 0 amide bonds. The van der Waals surface area contributed by atoms with E-state index in [1.54, 1.807) is 12.5 Å². The SMILES string of the molecule is CCCN(CC)CCNCc1ccncn1. The molecule has 16 heavy (non-hydrogen) atoms.